The Bertz CT molecular complexity index is 492. The minimum atomic E-state index is -3.85. The SMILES string of the molecule is CC(CO)CNS(=O)(=O)c1cc(F)ccc1Cl. The monoisotopic (exact) mass is 281 g/mol. The van der Waals surface area contributed by atoms with Crippen molar-refractivity contribution in [1.82, 2.24) is 4.72 Å². The summed E-state index contributed by atoms with van der Waals surface area (Å²) >= 11 is 5.69. The summed E-state index contributed by atoms with van der Waals surface area (Å²) in [6.07, 6.45) is 0. The summed E-state index contributed by atoms with van der Waals surface area (Å²) in [7, 11) is -3.85. The maximum atomic E-state index is 13.0. The number of nitrogens with one attached hydrogen (secondary N) is 1. The van der Waals surface area contributed by atoms with Gasteiger partial charge in [0.05, 0.1) is 5.02 Å². The molecule has 0 amide bonds. The molecule has 1 rings (SSSR count). The number of aliphatic hydroxyl groups excluding tert-OH is 1. The molecule has 1 aromatic carbocycles. The number of benzene rings is 1. The Hall–Kier alpha value is -0.690. The predicted octanol–water partition coefficient (Wildman–Crippen LogP) is 1.39. The van der Waals surface area contributed by atoms with Crippen LogP contribution in [0.5, 0.6) is 0 Å². The van der Waals surface area contributed by atoms with E-state index in [1.54, 1.807) is 6.92 Å². The summed E-state index contributed by atoms with van der Waals surface area (Å²) in [6, 6.07) is 3.12. The van der Waals surface area contributed by atoms with Gasteiger partial charge in [0.15, 0.2) is 0 Å². The molecule has 0 saturated heterocycles. The molecule has 0 aliphatic rings. The van der Waals surface area contributed by atoms with Gasteiger partial charge in [0, 0.05) is 13.2 Å². The van der Waals surface area contributed by atoms with Crippen molar-refractivity contribution in [3.63, 3.8) is 0 Å². The van der Waals surface area contributed by atoms with Gasteiger partial charge < -0.3 is 5.11 Å². The van der Waals surface area contributed by atoms with Crippen LogP contribution < -0.4 is 4.72 Å². The summed E-state index contributed by atoms with van der Waals surface area (Å²) in [4.78, 5) is -0.302. The van der Waals surface area contributed by atoms with Gasteiger partial charge in [0.25, 0.3) is 0 Å². The van der Waals surface area contributed by atoms with Gasteiger partial charge >= 0.3 is 0 Å². The number of hydrogen-bond donors (Lipinski definition) is 2. The highest BCUT2D eigenvalue weighted by atomic mass is 35.5. The quantitative estimate of drug-likeness (QED) is 0.857. The van der Waals surface area contributed by atoms with Crippen molar-refractivity contribution in [1.29, 1.82) is 0 Å². The van der Waals surface area contributed by atoms with Crippen LogP contribution in [0.2, 0.25) is 5.02 Å². The maximum absolute atomic E-state index is 13.0. The Morgan fingerprint density at radius 1 is 1.53 bits per heavy atom. The summed E-state index contributed by atoms with van der Waals surface area (Å²) in [6.45, 7) is 1.60. The fourth-order valence-corrected chi connectivity index (χ4v) is 2.75. The standard InChI is InChI=1S/C10H13ClFNO3S/c1-7(6-14)5-13-17(15,16)10-4-8(12)2-3-9(10)11/h2-4,7,13-14H,5-6H2,1H3. The second-order valence-corrected chi connectivity index (χ2v) is 5.86. The Kier molecular flexibility index (Phi) is 4.88. The van der Waals surface area contributed by atoms with Gasteiger partial charge in [-0.15, -0.1) is 0 Å². The van der Waals surface area contributed by atoms with Gasteiger partial charge in [-0.1, -0.05) is 18.5 Å². The molecule has 1 aromatic rings. The lowest BCUT2D eigenvalue weighted by atomic mass is 10.2. The van der Waals surface area contributed by atoms with E-state index in [2.05, 4.69) is 4.72 Å². The molecule has 1 atom stereocenters. The molecule has 2 N–H and O–H groups in total. The van der Waals surface area contributed by atoms with Crippen LogP contribution in [0.25, 0.3) is 0 Å². The number of rotatable bonds is 5. The molecule has 0 aromatic heterocycles. The fraction of sp³-hybridized carbons (Fsp3) is 0.400. The largest absolute Gasteiger partial charge is 0.396 e. The Morgan fingerprint density at radius 2 is 2.18 bits per heavy atom. The summed E-state index contributed by atoms with van der Waals surface area (Å²) in [5.74, 6) is -0.901. The van der Waals surface area contributed by atoms with E-state index in [1.807, 2.05) is 0 Å². The summed E-state index contributed by atoms with van der Waals surface area (Å²) in [5.41, 5.74) is 0. The van der Waals surface area contributed by atoms with Gasteiger partial charge in [0.1, 0.15) is 10.7 Å². The zero-order valence-corrected chi connectivity index (χ0v) is 10.7. The zero-order valence-electron chi connectivity index (χ0n) is 9.15. The van der Waals surface area contributed by atoms with Crippen molar-refractivity contribution in [3.8, 4) is 0 Å². The molecule has 96 valence electrons. The Labute approximate surface area is 104 Å². The molecule has 7 heteroatoms. The van der Waals surface area contributed by atoms with Gasteiger partial charge in [-0.25, -0.2) is 17.5 Å². The Balaban J connectivity index is 2.93. The van der Waals surface area contributed by atoms with Crippen LogP contribution in [0.1, 0.15) is 6.92 Å². The van der Waals surface area contributed by atoms with E-state index in [1.165, 1.54) is 6.07 Å². The topological polar surface area (TPSA) is 66.4 Å². The lowest BCUT2D eigenvalue weighted by molar-refractivity contribution is 0.238. The highest BCUT2D eigenvalue weighted by Crippen LogP contribution is 2.21. The lowest BCUT2D eigenvalue weighted by Gasteiger charge is -2.11. The van der Waals surface area contributed by atoms with E-state index in [4.69, 9.17) is 16.7 Å². The third kappa shape index (κ3) is 3.92. The molecule has 0 spiro atoms. The average Bonchev–Trinajstić information content (AvgIpc) is 2.29. The second-order valence-electron chi connectivity index (χ2n) is 3.71. The average molecular weight is 282 g/mol. The van der Waals surface area contributed by atoms with Crippen LogP contribution in [0.4, 0.5) is 4.39 Å². The van der Waals surface area contributed by atoms with E-state index < -0.39 is 15.8 Å². The van der Waals surface area contributed by atoms with E-state index in [-0.39, 0.29) is 29.0 Å². The van der Waals surface area contributed by atoms with Crippen LogP contribution >= 0.6 is 11.6 Å². The molecular formula is C10H13ClFNO3S. The summed E-state index contributed by atoms with van der Waals surface area (Å²) < 4.78 is 38.8. The first kappa shape index (κ1) is 14.4. The number of hydrogen-bond acceptors (Lipinski definition) is 3. The number of sulfonamides is 1. The summed E-state index contributed by atoms with van der Waals surface area (Å²) in [5, 5.41) is 8.73. The third-order valence-corrected chi connectivity index (χ3v) is 4.02. The van der Waals surface area contributed by atoms with Crippen molar-refractivity contribution in [2.24, 2.45) is 5.92 Å². The molecule has 17 heavy (non-hydrogen) atoms. The van der Waals surface area contributed by atoms with Gasteiger partial charge in [0.2, 0.25) is 10.0 Å². The van der Waals surface area contributed by atoms with Crippen LogP contribution in [0.15, 0.2) is 23.1 Å². The molecule has 0 aliphatic heterocycles. The van der Waals surface area contributed by atoms with E-state index in [0.717, 1.165) is 12.1 Å². The number of aliphatic hydroxyl groups is 1. The van der Waals surface area contributed by atoms with Crippen molar-refractivity contribution < 1.29 is 17.9 Å². The molecule has 4 nitrogen and oxygen atoms in total. The third-order valence-electron chi connectivity index (χ3n) is 2.12. The van der Waals surface area contributed by atoms with Crippen LogP contribution in [-0.4, -0.2) is 26.7 Å². The normalized spacial score (nSPS) is 13.6. The molecule has 0 fully saturated rings. The predicted molar refractivity (Wildman–Crippen MR) is 62.8 cm³/mol. The second kappa shape index (κ2) is 5.77. The van der Waals surface area contributed by atoms with Crippen LogP contribution in [-0.2, 0) is 10.0 Å². The molecule has 0 aliphatic carbocycles. The molecule has 0 heterocycles. The smallest absolute Gasteiger partial charge is 0.242 e. The van der Waals surface area contributed by atoms with Crippen molar-refractivity contribution in [2.75, 3.05) is 13.2 Å². The highest BCUT2D eigenvalue weighted by Gasteiger charge is 2.19. The minimum absolute atomic E-state index is 0.0458. The van der Waals surface area contributed by atoms with Gasteiger partial charge in [-0.2, -0.15) is 0 Å². The first-order valence-corrected chi connectivity index (χ1v) is 6.78. The van der Waals surface area contributed by atoms with Crippen molar-refractivity contribution in [2.45, 2.75) is 11.8 Å². The van der Waals surface area contributed by atoms with Crippen molar-refractivity contribution >= 4 is 21.6 Å². The lowest BCUT2D eigenvalue weighted by Crippen LogP contribution is -2.29. The molecule has 0 radical (unpaired) electrons. The molecule has 0 bridgehead atoms. The maximum Gasteiger partial charge on any atom is 0.242 e. The number of halogens is 2. The van der Waals surface area contributed by atoms with E-state index in [0.29, 0.717) is 0 Å². The molecule has 0 saturated carbocycles. The van der Waals surface area contributed by atoms with Crippen molar-refractivity contribution in [3.05, 3.63) is 29.0 Å². The van der Waals surface area contributed by atoms with Gasteiger partial charge in [-0.3, -0.25) is 0 Å². The van der Waals surface area contributed by atoms with E-state index in [9.17, 15) is 12.8 Å². The molecular weight excluding hydrogens is 269 g/mol. The first-order chi connectivity index (χ1) is 7.86. The first-order valence-electron chi connectivity index (χ1n) is 4.92. The van der Waals surface area contributed by atoms with E-state index >= 15 is 0 Å². The fourth-order valence-electron chi connectivity index (χ4n) is 1.08. The van der Waals surface area contributed by atoms with Crippen LogP contribution in [0.3, 0.4) is 0 Å². The highest BCUT2D eigenvalue weighted by molar-refractivity contribution is 7.89. The minimum Gasteiger partial charge on any atom is -0.396 e. The van der Waals surface area contributed by atoms with Gasteiger partial charge in [-0.05, 0) is 24.1 Å². The molecule has 1 unspecified atom stereocenters. The van der Waals surface area contributed by atoms with Crippen LogP contribution in [0, 0.1) is 11.7 Å². The Morgan fingerprint density at radius 3 is 2.76 bits per heavy atom. The zero-order chi connectivity index (χ0) is 13.1.